The van der Waals surface area contributed by atoms with Crippen LogP contribution < -0.4 is 4.72 Å². The molecule has 1 aliphatic rings. The number of carbonyl (C=O) groups is 1. The lowest BCUT2D eigenvalue weighted by Crippen LogP contribution is -2.38. The van der Waals surface area contributed by atoms with Gasteiger partial charge < -0.3 is 10.0 Å². The fourth-order valence-electron chi connectivity index (χ4n) is 2.23. The second-order valence-corrected chi connectivity index (χ2v) is 6.66. The second kappa shape index (κ2) is 5.90. The molecule has 1 saturated heterocycles. The van der Waals surface area contributed by atoms with E-state index in [4.69, 9.17) is 5.11 Å². The van der Waals surface area contributed by atoms with Gasteiger partial charge in [-0.25, -0.2) is 13.1 Å². The zero-order valence-electron chi connectivity index (χ0n) is 11.2. The lowest BCUT2D eigenvalue weighted by Gasteiger charge is -2.19. The number of rotatable bonds is 6. The summed E-state index contributed by atoms with van der Waals surface area (Å²) in [4.78, 5) is 12.6. The highest BCUT2D eigenvalue weighted by Crippen LogP contribution is 2.15. The van der Waals surface area contributed by atoms with Gasteiger partial charge in [-0.15, -0.1) is 0 Å². The Morgan fingerprint density at radius 1 is 1.60 bits per heavy atom. The molecule has 1 fully saturated rings. The number of hydrogen-bond donors (Lipinski definition) is 2. The molecule has 0 saturated carbocycles. The van der Waals surface area contributed by atoms with Crippen molar-refractivity contribution >= 4 is 16.0 Å². The van der Waals surface area contributed by atoms with E-state index in [1.54, 1.807) is 0 Å². The second-order valence-electron chi connectivity index (χ2n) is 4.90. The van der Waals surface area contributed by atoms with E-state index >= 15 is 0 Å². The number of likely N-dealkylation sites (N-methyl/N-ethyl adjacent to an activating group) is 1. The van der Waals surface area contributed by atoms with Gasteiger partial charge in [-0.3, -0.25) is 9.48 Å². The summed E-state index contributed by atoms with van der Waals surface area (Å²) >= 11 is 0. The first-order valence-electron chi connectivity index (χ1n) is 6.32. The monoisotopic (exact) mass is 302 g/mol. The standard InChI is InChI=1S/C11H18N4O4S/c1-14-4-2-3-9(14)5-13-20(18,19)10-6-12-15(7-10)8-11(16)17/h6-7,9,13H,2-5,8H2,1H3,(H,16,17). The molecule has 1 aromatic heterocycles. The Morgan fingerprint density at radius 2 is 2.35 bits per heavy atom. The van der Waals surface area contributed by atoms with Crippen LogP contribution in [-0.2, 0) is 21.4 Å². The molecule has 2 rings (SSSR count). The molecular weight excluding hydrogens is 284 g/mol. The van der Waals surface area contributed by atoms with Crippen LogP contribution in [0, 0.1) is 0 Å². The van der Waals surface area contributed by atoms with Gasteiger partial charge in [0, 0.05) is 18.8 Å². The summed E-state index contributed by atoms with van der Waals surface area (Å²) in [7, 11) is -1.67. The summed E-state index contributed by atoms with van der Waals surface area (Å²) in [6.45, 7) is 0.965. The first-order valence-corrected chi connectivity index (χ1v) is 7.81. The highest BCUT2D eigenvalue weighted by atomic mass is 32.2. The van der Waals surface area contributed by atoms with Crippen LogP contribution in [0.4, 0.5) is 0 Å². The van der Waals surface area contributed by atoms with E-state index in [2.05, 4.69) is 14.7 Å². The Morgan fingerprint density at radius 3 is 2.95 bits per heavy atom. The molecule has 0 amide bonds. The third-order valence-electron chi connectivity index (χ3n) is 3.40. The van der Waals surface area contributed by atoms with Crippen LogP contribution in [0.2, 0.25) is 0 Å². The highest BCUT2D eigenvalue weighted by molar-refractivity contribution is 7.89. The molecule has 1 aliphatic heterocycles. The number of likely N-dealkylation sites (tertiary alicyclic amines) is 1. The number of carboxylic acid groups (broad SMARTS) is 1. The molecule has 0 spiro atoms. The van der Waals surface area contributed by atoms with Crippen LogP contribution in [0.25, 0.3) is 0 Å². The minimum absolute atomic E-state index is 0.0144. The number of nitrogens with one attached hydrogen (secondary N) is 1. The van der Waals surface area contributed by atoms with Crippen molar-refractivity contribution in [2.45, 2.75) is 30.3 Å². The third kappa shape index (κ3) is 3.56. The van der Waals surface area contributed by atoms with Crippen molar-refractivity contribution in [3.8, 4) is 0 Å². The third-order valence-corrected chi connectivity index (χ3v) is 4.78. The highest BCUT2D eigenvalue weighted by Gasteiger charge is 2.24. The number of hydrogen-bond acceptors (Lipinski definition) is 5. The van der Waals surface area contributed by atoms with Crippen molar-refractivity contribution in [1.29, 1.82) is 0 Å². The lowest BCUT2D eigenvalue weighted by atomic mass is 10.2. The minimum Gasteiger partial charge on any atom is -0.480 e. The van der Waals surface area contributed by atoms with Gasteiger partial charge in [-0.05, 0) is 26.4 Å². The van der Waals surface area contributed by atoms with Crippen molar-refractivity contribution in [3.63, 3.8) is 0 Å². The number of sulfonamides is 1. The van der Waals surface area contributed by atoms with Crippen LogP contribution >= 0.6 is 0 Å². The van der Waals surface area contributed by atoms with E-state index in [1.807, 2.05) is 7.05 Å². The molecule has 20 heavy (non-hydrogen) atoms. The van der Waals surface area contributed by atoms with Gasteiger partial charge in [0.25, 0.3) is 0 Å². The topological polar surface area (TPSA) is 105 Å². The molecule has 8 nitrogen and oxygen atoms in total. The van der Waals surface area contributed by atoms with Gasteiger partial charge in [0.05, 0.1) is 6.20 Å². The van der Waals surface area contributed by atoms with E-state index in [1.165, 1.54) is 6.20 Å². The van der Waals surface area contributed by atoms with Gasteiger partial charge in [0.15, 0.2) is 0 Å². The van der Waals surface area contributed by atoms with Crippen molar-refractivity contribution < 1.29 is 18.3 Å². The van der Waals surface area contributed by atoms with Gasteiger partial charge in [0.2, 0.25) is 10.0 Å². The molecule has 2 heterocycles. The van der Waals surface area contributed by atoms with Gasteiger partial charge in [0.1, 0.15) is 11.4 Å². The zero-order valence-corrected chi connectivity index (χ0v) is 12.0. The first kappa shape index (κ1) is 14.9. The number of aromatic nitrogens is 2. The molecule has 0 aliphatic carbocycles. The molecule has 9 heteroatoms. The van der Waals surface area contributed by atoms with Crippen LogP contribution in [0.15, 0.2) is 17.3 Å². The smallest absolute Gasteiger partial charge is 0.325 e. The van der Waals surface area contributed by atoms with E-state index in [0.717, 1.165) is 30.3 Å². The van der Waals surface area contributed by atoms with Gasteiger partial charge in [-0.1, -0.05) is 0 Å². The van der Waals surface area contributed by atoms with Crippen LogP contribution in [-0.4, -0.2) is 60.4 Å². The van der Waals surface area contributed by atoms with Crippen molar-refractivity contribution in [3.05, 3.63) is 12.4 Å². The molecule has 112 valence electrons. The molecule has 2 N–H and O–H groups in total. The van der Waals surface area contributed by atoms with E-state index in [-0.39, 0.29) is 17.5 Å². The molecule has 1 atom stereocenters. The van der Waals surface area contributed by atoms with Crippen LogP contribution in [0.1, 0.15) is 12.8 Å². The molecule has 0 bridgehead atoms. The van der Waals surface area contributed by atoms with Crippen LogP contribution in [0.3, 0.4) is 0 Å². The normalized spacial score (nSPS) is 20.4. The molecular formula is C11H18N4O4S. The SMILES string of the molecule is CN1CCCC1CNS(=O)(=O)c1cnn(CC(=O)O)c1. The minimum atomic E-state index is -3.64. The summed E-state index contributed by atoms with van der Waals surface area (Å²) in [5.41, 5.74) is 0. The number of nitrogens with zero attached hydrogens (tertiary/aromatic N) is 3. The van der Waals surface area contributed by atoms with E-state index < -0.39 is 16.0 Å². The van der Waals surface area contributed by atoms with Crippen molar-refractivity contribution in [2.75, 3.05) is 20.1 Å². The predicted octanol–water partition coefficient (Wildman–Crippen LogP) is -0.660. The predicted molar refractivity (Wildman–Crippen MR) is 70.7 cm³/mol. The quantitative estimate of drug-likeness (QED) is 0.723. The number of aliphatic carboxylic acids is 1. The maximum absolute atomic E-state index is 12.1. The average molecular weight is 302 g/mol. The zero-order chi connectivity index (χ0) is 14.8. The Balaban J connectivity index is 1.99. The summed E-state index contributed by atoms with van der Waals surface area (Å²) in [5, 5.41) is 12.3. The van der Waals surface area contributed by atoms with Gasteiger partial charge >= 0.3 is 5.97 Å². The largest absolute Gasteiger partial charge is 0.480 e. The Kier molecular flexibility index (Phi) is 4.41. The first-order chi connectivity index (χ1) is 9.38. The summed E-state index contributed by atoms with van der Waals surface area (Å²) in [6, 6.07) is 0.207. The van der Waals surface area contributed by atoms with Gasteiger partial charge in [-0.2, -0.15) is 5.10 Å². The van der Waals surface area contributed by atoms with E-state index in [0.29, 0.717) is 6.54 Å². The maximum Gasteiger partial charge on any atom is 0.325 e. The average Bonchev–Trinajstić information content (AvgIpc) is 2.95. The Bertz CT molecular complexity index is 583. The summed E-state index contributed by atoms with van der Waals surface area (Å²) in [6.07, 6.45) is 4.41. The maximum atomic E-state index is 12.1. The fourth-order valence-corrected chi connectivity index (χ4v) is 3.26. The van der Waals surface area contributed by atoms with E-state index in [9.17, 15) is 13.2 Å². The molecule has 0 radical (unpaired) electrons. The molecule has 1 unspecified atom stereocenters. The summed E-state index contributed by atoms with van der Waals surface area (Å²) in [5.74, 6) is -1.07. The van der Waals surface area contributed by atoms with Crippen molar-refractivity contribution in [2.24, 2.45) is 0 Å². The summed E-state index contributed by atoms with van der Waals surface area (Å²) < 4.78 is 27.8. The molecule has 0 aromatic carbocycles. The Hall–Kier alpha value is -1.45. The van der Waals surface area contributed by atoms with Crippen LogP contribution in [0.5, 0.6) is 0 Å². The fraction of sp³-hybridized carbons (Fsp3) is 0.636. The molecule has 1 aromatic rings. The Labute approximate surface area is 117 Å². The number of carboxylic acids is 1. The lowest BCUT2D eigenvalue weighted by molar-refractivity contribution is -0.137. The van der Waals surface area contributed by atoms with Crippen molar-refractivity contribution in [1.82, 2.24) is 19.4 Å².